The van der Waals surface area contributed by atoms with Gasteiger partial charge in [0.15, 0.2) is 0 Å². The minimum absolute atomic E-state index is 0.0856. The number of carbonyl (C=O) groups excluding carboxylic acids is 2. The first kappa shape index (κ1) is 20.6. The average molecular weight is 438 g/mol. The van der Waals surface area contributed by atoms with Crippen LogP contribution in [0.3, 0.4) is 0 Å². The van der Waals surface area contributed by atoms with Crippen molar-refractivity contribution in [2.75, 3.05) is 11.9 Å². The first-order valence-electron chi connectivity index (χ1n) is 9.40. The van der Waals surface area contributed by atoms with Crippen molar-refractivity contribution in [1.29, 1.82) is 0 Å². The van der Waals surface area contributed by atoms with Crippen molar-refractivity contribution in [3.05, 3.63) is 101 Å². The molecule has 4 rings (SSSR count). The van der Waals surface area contributed by atoms with Crippen LogP contribution in [0.1, 0.15) is 15.9 Å². The largest absolute Gasteiger partial charge is 0.437 e. The summed E-state index contributed by atoms with van der Waals surface area (Å²) in [5.41, 5.74) is 2.33. The highest BCUT2D eigenvalue weighted by molar-refractivity contribution is 6.30. The first-order chi connectivity index (χ1) is 15.0. The summed E-state index contributed by atoms with van der Waals surface area (Å²) in [7, 11) is 0. The van der Waals surface area contributed by atoms with Crippen LogP contribution in [0.25, 0.3) is 0 Å². The van der Waals surface area contributed by atoms with E-state index in [2.05, 4.69) is 15.8 Å². The number of nitrogens with one attached hydrogen (secondary N) is 2. The van der Waals surface area contributed by atoms with E-state index in [4.69, 9.17) is 16.3 Å². The number of nitrogens with zero attached hydrogens (tertiary/aromatic N) is 1. The molecule has 1 atom stereocenters. The Bertz CT molecular complexity index is 1130. The number of carbonyl (C=O) groups is 2. The average Bonchev–Trinajstić information content (AvgIpc) is 3.21. The van der Waals surface area contributed by atoms with Crippen molar-refractivity contribution >= 4 is 34.9 Å². The van der Waals surface area contributed by atoms with Crippen molar-refractivity contribution < 1.29 is 18.7 Å². The summed E-state index contributed by atoms with van der Waals surface area (Å²) < 4.78 is 19.2. The van der Waals surface area contributed by atoms with E-state index in [1.165, 1.54) is 24.3 Å². The van der Waals surface area contributed by atoms with Crippen molar-refractivity contribution in [1.82, 2.24) is 5.43 Å². The summed E-state index contributed by atoms with van der Waals surface area (Å²) in [6, 6.07) is 20.3. The maximum atomic E-state index is 13.4. The van der Waals surface area contributed by atoms with Crippen LogP contribution in [0.15, 0.2) is 84.0 Å². The molecule has 8 heteroatoms. The van der Waals surface area contributed by atoms with Crippen LogP contribution in [-0.4, -0.2) is 29.7 Å². The summed E-state index contributed by atoms with van der Waals surface area (Å²) in [6.45, 7) is -0.0856. The van der Waals surface area contributed by atoms with Gasteiger partial charge in [0.1, 0.15) is 11.5 Å². The van der Waals surface area contributed by atoms with Gasteiger partial charge in [-0.1, -0.05) is 41.9 Å². The van der Waals surface area contributed by atoms with E-state index in [9.17, 15) is 14.0 Å². The molecule has 6 nitrogen and oxygen atoms in total. The number of esters is 1. The lowest BCUT2D eigenvalue weighted by Crippen LogP contribution is -2.55. The van der Waals surface area contributed by atoms with Gasteiger partial charge in [-0.15, -0.1) is 0 Å². The van der Waals surface area contributed by atoms with Gasteiger partial charge in [-0.05, 0) is 48.5 Å². The van der Waals surface area contributed by atoms with Gasteiger partial charge in [0.05, 0.1) is 12.1 Å². The molecule has 0 bridgehead atoms. The van der Waals surface area contributed by atoms with Gasteiger partial charge in [-0.25, -0.2) is 9.18 Å². The zero-order chi connectivity index (χ0) is 21.8. The van der Waals surface area contributed by atoms with E-state index < -0.39 is 23.3 Å². The molecule has 0 saturated carbocycles. The second-order valence-electron chi connectivity index (χ2n) is 6.85. The Hall–Kier alpha value is -3.71. The fourth-order valence-electron chi connectivity index (χ4n) is 3.18. The number of hydrazone groups is 1. The molecule has 3 aromatic rings. The molecule has 0 saturated heterocycles. The topological polar surface area (TPSA) is 79.8 Å². The molecule has 3 aromatic carbocycles. The van der Waals surface area contributed by atoms with Crippen molar-refractivity contribution in [3.63, 3.8) is 0 Å². The highest BCUT2D eigenvalue weighted by Crippen LogP contribution is 2.27. The van der Waals surface area contributed by atoms with Crippen LogP contribution >= 0.6 is 11.6 Å². The minimum atomic E-state index is -1.77. The summed E-state index contributed by atoms with van der Waals surface area (Å²) in [5, 5.41) is 7.46. The zero-order valence-electron chi connectivity index (χ0n) is 16.1. The van der Waals surface area contributed by atoms with Crippen LogP contribution in [0.5, 0.6) is 0 Å². The van der Waals surface area contributed by atoms with E-state index in [1.807, 2.05) is 0 Å². The molecular weight excluding hydrogens is 421 g/mol. The zero-order valence-corrected chi connectivity index (χ0v) is 16.9. The van der Waals surface area contributed by atoms with Gasteiger partial charge in [0, 0.05) is 16.3 Å². The molecule has 31 heavy (non-hydrogen) atoms. The van der Waals surface area contributed by atoms with Gasteiger partial charge in [0.2, 0.25) is 0 Å². The van der Waals surface area contributed by atoms with E-state index >= 15 is 0 Å². The number of anilines is 1. The fraction of sp³-hybridized carbons (Fsp3) is 0.0870. The molecule has 0 fully saturated rings. The van der Waals surface area contributed by atoms with Gasteiger partial charge < -0.3 is 15.5 Å². The van der Waals surface area contributed by atoms with Crippen LogP contribution in [0.2, 0.25) is 5.02 Å². The molecule has 2 N–H and O–H groups in total. The quantitative estimate of drug-likeness (QED) is 0.591. The molecular formula is C23H17ClFN3O3. The molecule has 1 amide bonds. The predicted molar refractivity (Wildman–Crippen MR) is 116 cm³/mol. The summed E-state index contributed by atoms with van der Waals surface area (Å²) in [5.74, 6) is -1.73. The monoisotopic (exact) mass is 437 g/mol. The first-order valence-corrected chi connectivity index (χ1v) is 9.78. The Morgan fingerprint density at radius 3 is 2.35 bits per heavy atom. The van der Waals surface area contributed by atoms with Crippen molar-refractivity contribution in [3.8, 4) is 0 Å². The fourth-order valence-corrected chi connectivity index (χ4v) is 3.31. The van der Waals surface area contributed by atoms with Crippen molar-refractivity contribution in [2.24, 2.45) is 5.10 Å². The normalized spacial score (nSPS) is 17.4. The third-order valence-corrected chi connectivity index (χ3v) is 5.02. The lowest BCUT2D eigenvalue weighted by molar-refractivity contribution is -0.128. The van der Waals surface area contributed by atoms with Crippen LogP contribution in [0, 0.1) is 5.82 Å². The molecule has 1 heterocycles. The maximum absolute atomic E-state index is 13.4. The molecule has 156 valence electrons. The van der Waals surface area contributed by atoms with Crippen LogP contribution < -0.4 is 10.7 Å². The van der Waals surface area contributed by atoms with Crippen molar-refractivity contribution in [2.45, 2.75) is 5.60 Å². The molecule has 0 spiro atoms. The smallest absolute Gasteiger partial charge is 0.339 e. The van der Waals surface area contributed by atoms with E-state index in [1.54, 1.807) is 54.6 Å². The molecule has 1 aliphatic rings. The number of halogens is 2. The van der Waals surface area contributed by atoms with Gasteiger partial charge in [-0.3, -0.25) is 4.79 Å². The highest BCUT2D eigenvalue weighted by atomic mass is 35.5. The standard InChI is InChI=1S/C23H17ClFN3O3/c24-17-8-12-19(13-9-17)27-22(30)23(31-21(29)16-4-2-1-3-5-16)14-26-28-20(23)15-6-10-18(25)11-7-15/h1-13,26H,14H2,(H,27,30). The Morgan fingerprint density at radius 2 is 1.68 bits per heavy atom. The molecule has 1 aliphatic heterocycles. The van der Waals surface area contributed by atoms with E-state index in [0.29, 0.717) is 16.3 Å². The Kier molecular flexibility index (Phi) is 5.68. The number of benzene rings is 3. The van der Waals surface area contributed by atoms with Gasteiger partial charge in [0.25, 0.3) is 11.5 Å². The highest BCUT2D eigenvalue weighted by Gasteiger charge is 2.51. The molecule has 0 aliphatic carbocycles. The number of hydrogen-bond acceptors (Lipinski definition) is 5. The van der Waals surface area contributed by atoms with E-state index in [-0.39, 0.29) is 17.8 Å². The summed E-state index contributed by atoms with van der Waals surface area (Å²) >= 11 is 5.91. The lowest BCUT2D eigenvalue weighted by Gasteiger charge is -2.28. The Balaban J connectivity index is 1.71. The Morgan fingerprint density at radius 1 is 1.00 bits per heavy atom. The second kappa shape index (κ2) is 8.57. The number of amides is 1. The maximum Gasteiger partial charge on any atom is 0.339 e. The van der Waals surface area contributed by atoms with Gasteiger partial charge >= 0.3 is 5.97 Å². The lowest BCUT2D eigenvalue weighted by atomic mass is 9.91. The molecule has 1 unspecified atom stereocenters. The van der Waals surface area contributed by atoms with Crippen LogP contribution in [-0.2, 0) is 9.53 Å². The number of ether oxygens (including phenoxy) is 1. The summed E-state index contributed by atoms with van der Waals surface area (Å²) in [6.07, 6.45) is 0. The van der Waals surface area contributed by atoms with Gasteiger partial charge in [-0.2, -0.15) is 5.10 Å². The number of hydrogen-bond donors (Lipinski definition) is 2. The third kappa shape index (κ3) is 4.27. The van der Waals surface area contributed by atoms with E-state index in [0.717, 1.165) is 0 Å². The van der Waals surface area contributed by atoms with Crippen LogP contribution in [0.4, 0.5) is 10.1 Å². The molecule has 0 aromatic heterocycles. The summed E-state index contributed by atoms with van der Waals surface area (Å²) in [4.78, 5) is 26.3. The Labute approximate surface area is 182 Å². The minimum Gasteiger partial charge on any atom is -0.437 e. The second-order valence-corrected chi connectivity index (χ2v) is 7.28. The molecule has 0 radical (unpaired) electrons. The SMILES string of the molecule is O=C(OC1(C(=O)Nc2ccc(Cl)cc2)CNN=C1c1ccc(F)cc1)c1ccccc1. The number of rotatable bonds is 5. The third-order valence-electron chi connectivity index (χ3n) is 4.76. The predicted octanol–water partition coefficient (Wildman–Crippen LogP) is 4.02.